The van der Waals surface area contributed by atoms with Gasteiger partial charge in [-0.15, -0.1) is 0 Å². The molecule has 5 heteroatoms. The van der Waals surface area contributed by atoms with Gasteiger partial charge in [0.1, 0.15) is 18.2 Å². The van der Waals surface area contributed by atoms with Crippen molar-refractivity contribution in [3.8, 4) is 0 Å². The number of amides is 1. The lowest BCUT2D eigenvalue weighted by atomic mass is 10.00. The Bertz CT molecular complexity index is 703. The molecule has 2 N–H and O–H groups in total. The van der Waals surface area contributed by atoms with Gasteiger partial charge < -0.3 is 10.2 Å². The molecule has 1 atom stereocenters. The van der Waals surface area contributed by atoms with Gasteiger partial charge >= 0.3 is 0 Å². The number of carbonyl (C=O) groups is 1. The molecule has 3 rings (SSSR count). The van der Waals surface area contributed by atoms with Gasteiger partial charge in [0.25, 0.3) is 5.91 Å². The summed E-state index contributed by atoms with van der Waals surface area (Å²) in [6, 6.07) is 11.3. The Labute approximate surface area is 127 Å². The van der Waals surface area contributed by atoms with Gasteiger partial charge in [-0.2, -0.15) is 0 Å². The van der Waals surface area contributed by atoms with Gasteiger partial charge in [0.15, 0.2) is 6.54 Å². The Hall–Kier alpha value is -2.27. The van der Waals surface area contributed by atoms with Crippen molar-refractivity contribution in [2.45, 2.75) is 13.0 Å². The molecule has 0 fully saturated rings. The number of rotatable bonds is 3. The third kappa shape index (κ3) is 3.31. The molecule has 2 aromatic carbocycles. The summed E-state index contributed by atoms with van der Waals surface area (Å²) in [5.41, 5.74) is 2.60. The highest BCUT2D eigenvalue weighted by molar-refractivity contribution is 5.91. The minimum Gasteiger partial charge on any atom is -0.323 e. The topological polar surface area (TPSA) is 33.5 Å². The molecule has 0 aromatic heterocycles. The van der Waals surface area contributed by atoms with Crippen LogP contribution in [0.4, 0.5) is 14.5 Å². The Balaban J connectivity index is 1.61. The second-order valence-corrected chi connectivity index (χ2v) is 5.54. The summed E-state index contributed by atoms with van der Waals surface area (Å²) in [5.74, 6) is -1.68. The molecule has 0 saturated heterocycles. The predicted molar refractivity (Wildman–Crippen MR) is 79.5 cm³/mol. The standard InChI is InChI=1S/C17H16F2N2O/c18-14-5-6-16(15(19)9-14)20-17(22)11-21-8-7-12-3-1-2-4-13(12)10-21/h1-6,9H,7-8,10-11H2,(H,20,22)/p+1. The van der Waals surface area contributed by atoms with Gasteiger partial charge in [-0.1, -0.05) is 24.3 Å². The summed E-state index contributed by atoms with van der Waals surface area (Å²) in [6.45, 7) is 1.93. The van der Waals surface area contributed by atoms with Crippen LogP contribution in [0.5, 0.6) is 0 Å². The minimum atomic E-state index is -0.757. The quantitative estimate of drug-likeness (QED) is 0.886. The highest BCUT2D eigenvalue weighted by Gasteiger charge is 2.21. The molecule has 0 aliphatic carbocycles. The third-order valence-corrected chi connectivity index (χ3v) is 3.92. The molecule has 3 nitrogen and oxygen atoms in total. The highest BCUT2D eigenvalue weighted by Crippen LogP contribution is 2.14. The van der Waals surface area contributed by atoms with Crippen molar-refractivity contribution in [1.29, 1.82) is 0 Å². The first-order valence-corrected chi connectivity index (χ1v) is 7.27. The van der Waals surface area contributed by atoms with Crippen molar-refractivity contribution >= 4 is 11.6 Å². The first-order chi connectivity index (χ1) is 10.6. The van der Waals surface area contributed by atoms with Gasteiger partial charge in [0, 0.05) is 18.1 Å². The van der Waals surface area contributed by atoms with E-state index in [1.807, 2.05) is 12.1 Å². The molecule has 1 aliphatic heterocycles. The lowest BCUT2D eigenvalue weighted by molar-refractivity contribution is -0.907. The van der Waals surface area contributed by atoms with E-state index in [2.05, 4.69) is 17.4 Å². The molecule has 22 heavy (non-hydrogen) atoms. The maximum Gasteiger partial charge on any atom is 0.279 e. The summed E-state index contributed by atoms with van der Waals surface area (Å²) in [4.78, 5) is 13.2. The lowest BCUT2D eigenvalue weighted by Crippen LogP contribution is -3.12. The highest BCUT2D eigenvalue weighted by atomic mass is 19.1. The summed E-state index contributed by atoms with van der Waals surface area (Å²) >= 11 is 0. The molecule has 114 valence electrons. The van der Waals surface area contributed by atoms with Crippen molar-refractivity contribution in [3.05, 3.63) is 65.2 Å². The van der Waals surface area contributed by atoms with Crippen LogP contribution in [-0.4, -0.2) is 19.0 Å². The van der Waals surface area contributed by atoms with Crippen LogP contribution in [0.15, 0.2) is 42.5 Å². The summed E-state index contributed by atoms with van der Waals surface area (Å²) in [7, 11) is 0. The fourth-order valence-electron chi connectivity index (χ4n) is 2.81. The molecule has 0 saturated carbocycles. The Kier molecular flexibility index (Phi) is 4.15. The van der Waals surface area contributed by atoms with E-state index < -0.39 is 11.6 Å². The Morgan fingerprint density at radius 3 is 2.68 bits per heavy atom. The number of hydrogen-bond donors (Lipinski definition) is 2. The van der Waals surface area contributed by atoms with E-state index in [1.165, 1.54) is 17.2 Å². The fraction of sp³-hybridized carbons (Fsp3) is 0.235. The Morgan fingerprint density at radius 1 is 1.14 bits per heavy atom. The summed E-state index contributed by atoms with van der Waals surface area (Å²) in [6.07, 6.45) is 0.934. The van der Waals surface area contributed by atoms with Gasteiger partial charge in [0.05, 0.1) is 12.2 Å². The number of benzene rings is 2. The molecule has 0 radical (unpaired) electrons. The first kappa shape index (κ1) is 14.7. The van der Waals surface area contributed by atoms with E-state index in [1.54, 1.807) is 0 Å². The molecule has 1 amide bonds. The van der Waals surface area contributed by atoms with Gasteiger partial charge in [0.2, 0.25) is 0 Å². The number of carbonyl (C=O) groups excluding carboxylic acids is 1. The monoisotopic (exact) mass is 303 g/mol. The minimum absolute atomic E-state index is 0.0169. The zero-order valence-corrected chi connectivity index (χ0v) is 12.0. The van der Waals surface area contributed by atoms with Crippen LogP contribution in [0, 0.1) is 11.6 Å². The number of halogens is 2. The van der Waals surface area contributed by atoms with Crippen LogP contribution < -0.4 is 10.2 Å². The van der Waals surface area contributed by atoms with Crippen LogP contribution in [0.25, 0.3) is 0 Å². The van der Waals surface area contributed by atoms with Crippen LogP contribution in [0.2, 0.25) is 0 Å². The van der Waals surface area contributed by atoms with E-state index in [-0.39, 0.29) is 18.1 Å². The molecule has 0 spiro atoms. The van der Waals surface area contributed by atoms with Gasteiger partial charge in [-0.3, -0.25) is 4.79 Å². The van der Waals surface area contributed by atoms with Crippen molar-refractivity contribution in [1.82, 2.24) is 0 Å². The maximum atomic E-state index is 13.5. The number of anilines is 1. The predicted octanol–water partition coefficient (Wildman–Crippen LogP) is 1.54. The second kappa shape index (κ2) is 6.23. The van der Waals surface area contributed by atoms with Crippen LogP contribution in [0.3, 0.4) is 0 Å². The zero-order chi connectivity index (χ0) is 15.5. The number of fused-ring (bicyclic) bond motifs is 1. The first-order valence-electron chi connectivity index (χ1n) is 7.27. The van der Waals surface area contributed by atoms with E-state index in [0.717, 1.165) is 36.5 Å². The molecule has 0 bridgehead atoms. The number of nitrogens with one attached hydrogen (secondary N) is 2. The van der Waals surface area contributed by atoms with Crippen molar-refractivity contribution in [2.75, 3.05) is 18.4 Å². The molecule has 1 unspecified atom stereocenters. The number of quaternary nitrogens is 1. The van der Waals surface area contributed by atoms with E-state index in [0.29, 0.717) is 0 Å². The average Bonchev–Trinajstić information content (AvgIpc) is 2.50. The molecular formula is C17H17F2N2O+. The maximum absolute atomic E-state index is 13.5. The zero-order valence-electron chi connectivity index (χ0n) is 12.0. The lowest BCUT2D eigenvalue weighted by Gasteiger charge is -2.25. The SMILES string of the molecule is O=C(C[NH+]1CCc2ccccc2C1)Nc1ccc(F)cc1F. The second-order valence-electron chi connectivity index (χ2n) is 5.54. The third-order valence-electron chi connectivity index (χ3n) is 3.92. The smallest absolute Gasteiger partial charge is 0.279 e. The van der Waals surface area contributed by atoms with E-state index in [4.69, 9.17) is 0 Å². The van der Waals surface area contributed by atoms with Gasteiger partial charge in [-0.25, -0.2) is 8.78 Å². The fourth-order valence-corrected chi connectivity index (χ4v) is 2.81. The summed E-state index contributed by atoms with van der Waals surface area (Å²) < 4.78 is 26.4. The van der Waals surface area contributed by atoms with Crippen molar-refractivity contribution in [3.63, 3.8) is 0 Å². The van der Waals surface area contributed by atoms with Crippen molar-refractivity contribution < 1.29 is 18.5 Å². The van der Waals surface area contributed by atoms with Crippen LogP contribution in [0.1, 0.15) is 11.1 Å². The van der Waals surface area contributed by atoms with Crippen molar-refractivity contribution in [2.24, 2.45) is 0 Å². The summed E-state index contributed by atoms with van der Waals surface area (Å²) in [5, 5.41) is 2.51. The Morgan fingerprint density at radius 2 is 1.91 bits per heavy atom. The molecule has 1 heterocycles. The normalized spacial score (nSPS) is 16.9. The van der Waals surface area contributed by atoms with E-state index >= 15 is 0 Å². The molecule has 2 aromatic rings. The number of hydrogen-bond acceptors (Lipinski definition) is 1. The largest absolute Gasteiger partial charge is 0.323 e. The molecular weight excluding hydrogens is 286 g/mol. The van der Waals surface area contributed by atoms with Gasteiger partial charge in [-0.05, 0) is 17.7 Å². The van der Waals surface area contributed by atoms with Crippen LogP contribution in [-0.2, 0) is 17.8 Å². The van der Waals surface area contributed by atoms with Crippen LogP contribution >= 0.6 is 0 Å². The van der Waals surface area contributed by atoms with E-state index in [9.17, 15) is 13.6 Å². The molecule has 1 aliphatic rings. The average molecular weight is 303 g/mol.